The number of rotatable bonds is 5. The first-order chi connectivity index (χ1) is 7.83. The standard InChI is InChI=1S/C9H16N2O5S/c1-7(9(13)14)5-10-8(12)6-11-3-2-4-17(11,15)16/h7H,2-6H2,1H3,(H,10,12)(H,13,14). The molecular weight excluding hydrogens is 248 g/mol. The fourth-order valence-electron chi connectivity index (χ4n) is 1.44. The molecule has 0 bridgehead atoms. The molecule has 1 aliphatic rings. The van der Waals surface area contributed by atoms with Crippen LogP contribution in [0.1, 0.15) is 13.3 Å². The quantitative estimate of drug-likeness (QED) is 0.653. The normalized spacial score (nSPS) is 21.0. The Bertz CT molecular complexity index is 406. The first kappa shape index (κ1) is 13.9. The molecule has 1 aliphatic heterocycles. The number of amides is 1. The molecule has 1 amide bonds. The highest BCUT2D eigenvalue weighted by molar-refractivity contribution is 7.89. The minimum Gasteiger partial charge on any atom is -0.481 e. The van der Waals surface area contributed by atoms with Gasteiger partial charge in [-0.3, -0.25) is 9.59 Å². The van der Waals surface area contributed by atoms with Crippen LogP contribution in [0.2, 0.25) is 0 Å². The van der Waals surface area contributed by atoms with Crippen molar-refractivity contribution in [2.24, 2.45) is 5.92 Å². The number of carbonyl (C=O) groups excluding carboxylic acids is 1. The second kappa shape index (κ2) is 5.46. The third kappa shape index (κ3) is 3.97. The average Bonchev–Trinajstić information content (AvgIpc) is 2.54. The number of nitrogens with one attached hydrogen (secondary N) is 1. The maximum Gasteiger partial charge on any atom is 0.308 e. The van der Waals surface area contributed by atoms with Crippen LogP contribution in [0.15, 0.2) is 0 Å². The monoisotopic (exact) mass is 264 g/mol. The van der Waals surface area contributed by atoms with Crippen molar-refractivity contribution >= 4 is 21.9 Å². The summed E-state index contributed by atoms with van der Waals surface area (Å²) in [5, 5.41) is 11.0. The lowest BCUT2D eigenvalue weighted by Gasteiger charge is -2.14. The van der Waals surface area contributed by atoms with Crippen LogP contribution in [0.5, 0.6) is 0 Å². The summed E-state index contributed by atoms with van der Waals surface area (Å²) in [4.78, 5) is 21.9. The molecule has 0 radical (unpaired) electrons. The van der Waals surface area contributed by atoms with E-state index in [-0.39, 0.29) is 18.8 Å². The van der Waals surface area contributed by atoms with Crippen molar-refractivity contribution in [1.29, 1.82) is 0 Å². The van der Waals surface area contributed by atoms with Gasteiger partial charge >= 0.3 is 5.97 Å². The SMILES string of the molecule is CC(CNC(=O)CN1CCCS1(=O)=O)C(=O)O. The number of hydrogen-bond acceptors (Lipinski definition) is 4. The Kier molecular flexibility index (Phi) is 4.47. The van der Waals surface area contributed by atoms with Gasteiger partial charge < -0.3 is 10.4 Å². The molecule has 0 spiro atoms. The molecule has 0 saturated carbocycles. The van der Waals surface area contributed by atoms with Crippen LogP contribution >= 0.6 is 0 Å². The highest BCUT2D eigenvalue weighted by Gasteiger charge is 2.29. The third-order valence-electron chi connectivity index (χ3n) is 2.55. The fourth-order valence-corrected chi connectivity index (χ4v) is 2.91. The van der Waals surface area contributed by atoms with Gasteiger partial charge in [0.15, 0.2) is 0 Å². The van der Waals surface area contributed by atoms with Crippen LogP contribution in [0.25, 0.3) is 0 Å². The minimum absolute atomic E-state index is 0.00204. The number of carboxylic acid groups (broad SMARTS) is 1. The van der Waals surface area contributed by atoms with E-state index in [1.54, 1.807) is 0 Å². The molecule has 8 heteroatoms. The highest BCUT2D eigenvalue weighted by atomic mass is 32.2. The van der Waals surface area contributed by atoms with E-state index in [2.05, 4.69) is 5.32 Å². The van der Waals surface area contributed by atoms with Gasteiger partial charge in [0.25, 0.3) is 0 Å². The van der Waals surface area contributed by atoms with E-state index in [0.717, 1.165) is 4.31 Å². The Morgan fingerprint density at radius 1 is 1.47 bits per heavy atom. The van der Waals surface area contributed by atoms with Gasteiger partial charge in [0, 0.05) is 13.1 Å². The van der Waals surface area contributed by atoms with Gasteiger partial charge in [0.05, 0.1) is 18.2 Å². The lowest BCUT2D eigenvalue weighted by molar-refractivity contribution is -0.141. The summed E-state index contributed by atoms with van der Waals surface area (Å²) in [5.41, 5.74) is 0. The summed E-state index contributed by atoms with van der Waals surface area (Å²) < 4.78 is 23.9. The molecule has 0 aromatic heterocycles. The van der Waals surface area contributed by atoms with E-state index in [1.807, 2.05) is 0 Å². The van der Waals surface area contributed by atoms with Crippen molar-refractivity contribution in [1.82, 2.24) is 9.62 Å². The molecule has 98 valence electrons. The molecule has 1 rings (SSSR count). The Balaban J connectivity index is 2.38. The predicted molar refractivity (Wildman–Crippen MR) is 59.8 cm³/mol. The van der Waals surface area contributed by atoms with Crippen molar-refractivity contribution in [2.45, 2.75) is 13.3 Å². The summed E-state index contributed by atoms with van der Waals surface area (Å²) >= 11 is 0. The zero-order chi connectivity index (χ0) is 13.1. The van der Waals surface area contributed by atoms with Crippen LogP contribution in [-0.2, 0) is 19.6 Å². The van der Waals surface area contributed by atoms with Gasteiger partial charge in [0.2, 0.25) is 15.9 Å². The van der Waals surface area contributed by atoms with Gasteiger partial charge in [-0.05, 0) is 6.42 Å². The van der Waals surface area contributed by atoms with Gasteiger partial charge in [-0.1, -0.05) is 6.92 Å². The van der Waals surface area contributed by atoms with Crippen LogP contribution in [-0.4, -0.2) is 55.1 Å². The molecule has 1 fully saturated rings. The van der Waals surface area contributed by atoms with E-state index >= 15 is 0 Å². The smallest absolute Gasteiger partial charge is 0.308 e. The number of aliphatic carboxylic acids is 1. The molecule has 17 heavy (non-hydrogen) atoms. The molecular formula is C9H16N2O5S. The largest absolute Gasteiger partial charge is 0.481 e. The van der Waals surface area contributed by atoms with Gasteiger partial charge in [-0.15, -0.1) is 0 Å². The van der Waals surface area contributed by atoms with Crippen LogP contribution < -0.4 is 5.32 Å². The van der Waals surface area contributed by atoms with E-state index in [4.69, 9.17) is 5.11 Å². The minimum atomic E-state index is -3.28. The first-order valence-corrected chi connectivity index (χ1v) is 6.91. The summed E-state index contributed by atoms with van der Waals surface area (Å²) in [7, 11) is -3.28. The number of nitrogens with zero attached hydrogens (tertiary/aromatic N) is 1. The van der Waals surface area contributed by atoms with Crippen molar-refractivity contribution in [2.75, 3.05) is 25.4 Å². The highest BCUT2D eigenvalue weighted by Crippen LogP contribution is 2.12. The maximum absolute atomic E-state index is 11.4. The molecule has 1 unspecified atom stereocenters. The summed E-state index contributed by atoms with van der Waals surface area (Å²) in [6, 6.07) is 0. The van der Waals surface area contributed by atoms with E-state index in [0.29, 0.717) is 13.0 Å². The molecule has 2 N–H and O–H groups in total. The number of sulfonamides is 1. The van der Waals surface area contributed by atoms with Crippen molar-refractivity contribution in [3.63, 3.8) is 0 Å². The molecule has 0 aliphatic carbocycles. The van der Waals surface area contributed by atoms with Gasteiger partial charge in [-0.2, -0.15) is 4.31 Å². The summed E-state index contributed by atoms with van der Waals surface area (Å²) in [6.45, 7) is 1.59. The van der Waals surface area contributed by atoms with E-state index in [9.17, 15) is 18.0 Å². The lowest BCUT2D eigenvalue weighted by Crippen LogP contribution is -2.40. The van der Waals surface area contributed by atoms with Gasteiger partial charge in [-0.25, -0.2) is 8.42 Å². The second-order valence-corrected chi connectivity index (χ2v) is 6.13. The zero-order valence-corrected chi connectivity index (χ0v) is 10.4. The molecule has 1 heterocycles. The third-order valence-corrected chi connectivity index (χ3v) is 4.45. The molecule has 1 saturated heterocycles. The Labute approximate surface area is 99.8 Å². The zero-order valence-electron chi connectivity index (χ0n) is 9.55. The fraction of sp³-hybridized carbons (Fsp3) is 0.778. The average molecular weight is 264 g/mol. The lowest BCUT2D eigenvalue weighted by atomic mass is 10.2. The van der Waals surface area contributed by atoms with Crippen LogP contribution in [0.4, 0.5) is 0 Å². The van der Waals surface area contributed by atoms with Crippen molar-refractivity contribution in [3.05, 3.63) is 0 Å². The number of carboxylic acids is 1. The number of carbonyl (C=O) groups is 2. The molecule has 7 nitrogen and oxygen atoms in total. The Morgan fingerprint density at radius 3 is 2.59 bits per heavy atom. The van der Waals surface area contributed by atoms with Gasteiger partial charge in [0.1, 0.15) is 0 Å². The van der Waals surface area contributed by atoms with E-state index < -0.39 is 27.8 Å². The molecule has 1 atom stereocenters. The first-order valence-electron chi connectivity index (χ1n) is 5.30. The molecule has 0 aromatic rings. The predicted octanol–water partition coefficient (Wildman–Crippen LogP) is -1.14. The van der Waals surface area contributed by atoms with Crippen molar-refractivity contribution < 1.29 is 23.1 Å². The summed E-state index contributed by atoms with van der Waals surface area (Å²) in [6.07, 6.45) is 0.529. The van der Waals surface area contributed by atoms with Crippen LogP contribution in [0, 0.1) is 5.92 Å². The molecule has 0 aromatic carbocycles. The van der Waals surface area contributed by atoms with Crippen molar-refractivity contribution in [3.8, 4) is 0 Å². The Hall–Kier alpha value is -1.15. The summed E-state index contributed by atoms with van der Waals surface area (Å²) in [5.74, 6) is -2.08. The topological polar surface area (TPSA) is 104 Å². The van der Waals surface area contributed by atoms with Crippen LogP contribution in [0.3, 0.4) is 0 Å². The maximum atomic E-state index is 11.4. The van der Waals surface area contributed by atoms with E-state index in [1.165, 1.54) is 6.92 Å². The number of hydrogen-bond donors (Lipinski definition) is 2. The second-order valence-electron chi connectivity index (χ2n) is 4.05. The Morgan fingerprint density at radius 2 is 2.12 bits per heavy atom.